The molecular formula is C25H23N3O4. The molecule has 0 aliphatic rings. The second-order valence-corrected chi connectivity index (χ2v) is 7.06. The maximum Gasteiger partial charge on any atom is 0.287 e. The van der Waals surface area contributed by atoms with E-state index in [4.69, 9.17) is 14.2 Å². The summed E-state index contributed by atoms with van der Waals surface area (Å²) in [4.78, 5) is 15.7. The number of benzene rings is 3. The van der Waals surface area contributed by atoms with Gasteiger partial charge in [0.15, 0.2) is 11.5 Å². The van der Waals surface area contributed by atoms with Crippen LogP contribution in [0, 0.1) is 0 Å². The molecule has 7 heteroatoms. The summed E-state index contributed by atoms with van der Waals surface area (Å²) in [6.45, 7) is 1.81. The molecule has 0 radical (unpaired) electrons. The summed E-state index contributed by atoms with van der Waals surface area (Å²) >= 11 is 0. The van der Waals surface area contributed by atoms with E-state index in [9.17, 15) is 4.79 Å². The fourth-order valence-corrected chi connectivity index (χ4v) is 3.24. The van der Waals surface area contributed by atoms with Crippen LogP contribution in [-0.2, 0) is 0 Å². The zero-order chi connectivity index (χ0) is 22.5. The van der Waals surface area contributed by atoms with Gasteiger partial charge in [-0.3, -0.25) is 4.79 Å². The van der Waals surface area contributed by atoms with Crippen molar-refractivity contribution in [3.8, 4) is 23.0 Å². The van der Waals surface area contributed by atoms with Crippen molar-refractivity contribution in [1.82, 2.24) is 10.4 Å². The molecule has 3 aromatic carbocycles. The Morgan fingerprint density at radius 3 is 2.41 bits per heavy atom. The molecule has 0 unspecified atom stereocenters. The summed E-state index contributed by atoms with van der Waals surface area (Å²) in [5, 5.41) is 5.09. The van der Waals surface area contributed by atoms with Gasteiger partial charge in [0, 0.05) is 16.5 Å². The van der Waals surface area contributed by atoms with Crippen LogP contribution in [0.3, 0.4) is 0 Å². The molecule has 1 heterocycles. The summed E-state index contributed by atoms with van der Waals surface area (Å²) in [6.07, 6.45) is 0. The minimum absolute atomic E-state index is 0.341. The number of para-hydroxylation sites is 1. The Hall–Kier alpha value is -4.26. The molecule has 0 atom stereocenters. The van der Waals surface area contributed by atoms with E-state index >= 15 is 0 Å². The maximum absolute atomic E-state index is 12.6. The minimum Gasteiger partial charge on any atom is -0.493 e. The van der Waals surface area contributed by atoms with Crippen LogP contribution in [0.25, 0.3) is 10.9 Å². The molecule has 162 valence electrons. The first kappa shape index (κ1) is 21.0. The van der Waals surface area contributed by atoms with Crippen LogP contribution in [0.5, 0.6) is 23.0 Å². The van der Waals surface area contributed by atoms with Crippen LogP contribution in [0.2, 0.25) is 0 Å². The number of carbonyl (C=O) groups is 1. The monoisotopic (exact) mass is 429 g/mol. The highest BCUT2D eigenvalue weighted by molar-refractivity contribution is 6.02. The number of hydrazone groups is 1. The lowest BCUT2D eigenvalue weighted by Gasteiger charge is -2.09. The number of ether oxygens (including phenoxy) is 3. The lowest BCUT2D eigenvalue weighted by Crippen LogP contribution is -2.19. The number of carbonyl (C=O) groups excluding carboxylic acids is 1. The van der Waals surface area contributed by atoms with Crippen LogP contribution >= 0.6 is 0 Å². The molecular weight excluding hydrogens is 406 g/mol. The van der Waals surface area contributed by atoms with Gasteiger partial charge >= 0.3 is 0 Å². The van der Waals surface area contributed by atoms with Gasteiger partial charge in [-0.15, -0.1) is 0 Å². The molecule has 7 nitrogen and oxygen atoms in total. The van der Waals surface area contributed by atoms with E-state index < -0.39 is 0 Å². The van der Waals surface area contributed by atoms with Crippen LogP contribution in [0.1, 0.15) is 23.0 Å². The molecule has 0 saturated carbocycles. The second kappa shape index (κ2) is 9.26. The molecule has 0 saturated heterocycles. The van der Waals surface area contributed by atoms with E-state index in [0.29, 0.717) is 28.7 Å². The topological polar surface area (TPSA) is 84.9 Å². The van der Waals surface area contributed by atoms with E-state index in [1.165, 1.54) is 0 Å². The average Bonchev–Trinajstić information content (AvgIpc) is 3.26. The molecule has 4 rings (SSSR count). The van der Waals surface area contributed by atoms with E-state index in [-0.39, 0.29) is 5.91 Å². The summed E-state index contributed by atoms with van der Waals surface area (Å²) in [7, 11) is 3.15. The number of amides is 1. The number of rotatable bonds is 7. The third-order valence-corrected chi connectivity index (χ3v) is 4.94. The number of hydrogen-bond donors (Lipinski definition) is 2. The number of nitrogens with one attached hydrogen (secondary N) is 2. The van der Waals surface area contributed by atoms with E-state index in [1.54, 1.807) is 39.3 Å². The molecule has 0 aliphatic heterocycles. The van der Waals surface area contributed by atoms with Gasteiger partial charge in [-0.05, 0) is 61.5 Å². The van der Waals surface area contributed by atoms with Gasteiger partial charge < -0.3 is 19.2 Å². The number of nitrogens with zero attached hydrogens (tertiary/aromatic N) is 1. The number of methoxy groups -OCH3 is 2. The largest absolute Gasteiger partial charge is 0.493 e. The fraction of sp³-hybridized carbons (Fsp3) is 0.120. The molecule has 2 N–H and O–H groups in total. The Balaban J connectivity index is 1.48. The van der Waals surface area contributed by atoms with Gasteiger partial charge in [0.05, 0.1) is 19.9 Å². The van der Waals surface area contributed by atoms with Crippen molar-refractivity contribution >= 4 is 22.5 Å². The van der Waals surface area contributed by atoms with Crippen LogP contribution in [0.15, 0.2) is 77.9 Å². The third-order valence-electron chi connectivity index (χ3n) is 4.94. The lowest BCUT2D eigenvalue weighted by molar-refractivity contribution is 0.0950. The van der Waals surface area contributed by atoms with Crippen molar-refractivity contribution in [3.05, 3.63) is 84.1 Å². The minimum atomic E-state index is -0.341. The predicted octanol–water partition coefficient (Wildman–Crippen LogP) is 5.13. The van der Waals surface area contributed by atoms with Gasteiger partial charge in [-0.1, -0.05) is 18.2 Å². The molecule has 0 bridgehead atoms. The molecule has 0 fully saturated rings. The quantitative estimate of drug-likeness (QED) is 0.315. The normalized spacial score (nSPS) is 11.3. The second-order valence-electron chi connectivity index (χ2n) is 7.06. The highest BCUT2D eigenvalue weighted by atomic mass is 16.5. The number of aromatic amines is 1. The average molecular weight is 429 g/mol. The highest BCUT2D eigenvalue weighted by Crippen LogP contribution is 2.28. The first-order valence-corrected chi connectivity index (χ1v) is 10.00. The van der Waals surface area contributed by atoms with E-state index in [0.717, 1.165) is 22.2 Å². The van der Waals surface area contributed by atoms with Crippen molar-refractivity contribution in [1.29, 1.82) is 0 Å². The number of hydrogen-bond acceptors (Lipinski definition) is 5. The molecule has 32 heavy (non-hydrogen) atoms. The first-order chi connectivity index (χ1) is 15.6. The van der Waals surface area contributed by atoms with Crippen molar-refractivity contribution in [2.75, 3.05) is 14.2 Å². The third kappa shape index (κ3) is 4.57. The standard InChI is InChI=1S/C25H23N3O4/c1-16(17-9-12-23(30-2)24(15-17)31-3)27-28-25(29)22-14-18-13-20(10-11-21(18)26-22)32-19-7-5-4-6-8-19/h4-15,26H,1-3H3,(H,28,29). The van der Waals surface area contributed by atoms with Gasteiger partial charge in [0.1, 0.15) is 17.2 Å². The van der Waals surface area contributed by atoms with Crippen LogP contribution in [-0.4, -0.2) is 30.8 Å². The smallest absolute Gasteiger partial charge is 0.287 e. The van der Waals surface area contributed by atoms with E-state index in [1.807, 2.05) is 54.6 Å². The van der Waals surface area contributed by atoms with Crippen molar-refractivity contribution in [3.63, 3.8) is 0 Å². The Kier molecular flexibility index (Phi) is 6.07. The Morgan fingerprint density at radius 2 is 1.66 bits per heavy atom. The van der Waals surface area contributed by atoms with Gasteiger partial charge in [-0.25, -0.2) is 5.43 Å². The number of aromatic nitrogens is 1. The number of H-pyrrole nitrogens is 1. The van der Waals surface area contributed by atoms with Gasteiger partial charge in [0.25, 0.3) is 5.91 Å². The van der Waals surface area contributed by atoms with Crippen molar-refractivity contribution in [2.45, 2.75) is 6.92 Å². The summed E-state index contributed by atoms with van der Waals surface area (Å²) in [5.41, 5.74) is 5.27. The lowest BCUT2D eigenvalue weighted by atomic mass is 10.1. The Labute approximate surface area is 185 Å². The maximum atomic E-state index is 12.6. The van der Waals surface area contributed by atoms with Gasteiger partial charge in [-0.2, -0.15) is 5.10 Å². The summed E-state index contributed by atoms with van der Waals surface area (Å²) < 4.78 is 16.4. The van der Waals surface area contributed by atoms with E-state index in [2.05, 4.69) is 15.5 Å². The summed E-state index contributed by atoms with van der Waals surface area (Å²) in [5.74, 6) is 2.32. The number of fused-ring (bicyclic) bond motifs is 1. The van der Waals surface area contributed by atoms with Gasteiger partial charge in [0.2, 0.25) is 0 Å². The predicted molar refractivity (Wildman–Crippen MR) is 124 cm³/mol. The Morgan fingerprint density at radius 1 is 0.875 bits per heavy atom. The molecule has 0 aliphatic carbocycles. The molecule has 1 amide bonds. The SMILES string of the molecule is COc1ccc(C(C)=NNC(=O)c2cc3cc(Oc4ccccc4)ccc3[nH]2)cc1OC. The van der Waals surface area contributed by atoms with Crippen molar-refractivity contribution < 1.29 is 19.0 Å². The zero-order valence-corrected chi connectivity index (χ0v) is 18.0. The van der Waals surface area contributed by atoms with Crippen LogP contribution < -0.4 is 19.6 Å². The molecule has 4 aromatic rings. The molecule has 1 aromatic heterocycles. The van der Waals surface area contributed by atoms with Crippen molar-refractivity contribution in [2.24, 2.45) is 5.10 Å². The summed E-state index contributed by atoms with van der Waals surface area (Å²) in [6, 6.07) is 22.4. The molecule has 0 spiro atoms. The Bertz CT molecular complexity index is 1280. The first-order valence-electron chi connectivity index (χ1n) is 10.00. The highest BCUT2D eigenvalue weighted by Gasteiger charge is 2.11. The van der Waals surface area contributed by atoms with Crippen LogP contribution in [0.4, 0.5) is 0 Å². The zero-order valence-electron chi connectivity index (χ0n) is 18.0. The fourth-order valence-electron chi connectivity index (χ4n) is 3.24.